The highest BCUT2D eigenvalue weighted by atomic mass is 35.5. The van der Waals surface area contributed by atoms with Crippen molar-refractivity contribution in [3.63, 3.8) is 0 Å². The molecule has 0 fully saturated rings. The summed E-state index contributed by atoms with van der Waals surface area (Å²) in [5.41, 5.74) is 5.72. The average Bonchev–Trinajstić information content (AvgIpc) is 3.37. The molecular formula is C25H30ClN7O4. The molecule has 37 heavy (non-hydrogen) atoms. The van der Waals surface area contributed by atoms with Crippen molar-refractivity contribution >= 4 is 34.5 Å². The smallest absolute Gasteiger partial charge is 0.253 e. The molecule has 3 aromatic rings. The Morgan fingerprint density at radius 2 is 1.95 bits per heavy atom. The number of hydrogen-bond donors (Lipinski definition) is 5. The van der Waals surface area contributed by atoms with Gasteiger partial charge < -0.3 is 26.0 Å². The van der Waals surface area contributed by atoms with Gasteiger partial charge in [0.05, 0.1) is 12.6 Å². The van der Waals surface area contributed by atoms with Crippen LogP contribution in [0, 0.1) is 17.9 Å². The minimum atomic E-state index is -1.56. The third-order valence-electron chi connectivity index (χ3n) is 6.67. The van der Waals surface area contributed by atoms with Crippen LogP contribution in [0.15, 0.2) is 48.5 Å². The number of hydrogen-bond acceptors (Lipinski definition) is 10. The summed E-state index contributed by atoms with van der Waals surface area (Å²) in [4.78, 5) is 26.9. The van der Waals surface area contributed by atoms with Crippen LogP contribution in [0.4, 0.5) is 17.1 Å². The van der Waals surface area contributed by atoms with E-state index in [2.05, 4.69) is 20.8 Å². The fraction of sp³-hybridized carbons (Fsp3) is 0.400. The molecule has 0 saturated heterocycles. The number of rotatable bonds is 7. The summed E-state index contributed by atoms with van der Waals surface area (Å²) in [6.45, 7) is 9.63. The minimum Gasteiger partial charge on any atom is -0.464 e. The molecule has 2 heterocycles. The molecule has 0 saturated carbocycles. The maximum Gasteiger partial charge on any atom is 0.253 e. The van der Waals surface area contributed by atoms with E-state index in [9.17, 15) is 14.7 Å². The Morgan fingerprint density at radius 1 is 1.27 bits per heavy atom. The molecule has 1 aromatic heterocycles. The van der Waals surface area contributed by atoms with Gasteiger partial charge in [0.2, 0.25) is 0 Å². The average molecular weight is 528 g/mol. The first-order valence-corrected chi connectivity index (χ1v) is 12.0. The highest BCUT2D eigenvalue weighted by molar-refractivity contribution is 6.31. The van der Waals surface area contributed by atoms with Crippen LogP contribution in [0.1, 0.15) is 56.4 Å². The van der Waals surface area contributed by atoms with Gasteiger partial charge in [-0.2, -0.15) is 5.10 Å². The Morgan fingerprint density at radius 3 is 2.51 bits per heavy atom. The summed E-state index contributed by atoms with van der Waals surface area (Å²) >= 11 is 6.46. The number of anilines is 3. The zero-order valence-corrected chi connectivity index (χ0v) is 22.0. The van der Waals surface area contributed by atoms with E-state index in [1.54, 1.807) is 24.0 Å². The van der Waals surface area contributed by atoms with Crippen molar-refractivity contribution in [3.8, 4) is 0 Å². The van der Waals surface area contributed by atoms with Crippen molar-refractivity contribution in [1.29, 1.82) is 5.53 Å². The van der Waals surface area contributed by atoms with Gasteiger partial charge in [-0.05, 0) is 49.1 Å². The number of amidine groups is 1. The molecule has 2 aromatic carbocycles. The molecule has 2 atom stereocenters. The van der Waals surface area contributed by atoms with Crippen LogP contribution in [0.25, 0.3) is 0 Å². The lowest BCUT2D eigenvalue weighted by atomic mass is 9.84. The summed E-state index contributed by atoms with van der Waals surface area (Å²) in [5.74, 6) is 6.70. The van der Waals surface area contributed by atoms with Crippen molar-refractivity contribution in [2.24, 2.45) is 21.5 Å². The monoisotopic (exact) mass is 527 g/mol. The van der Waals surface area contributed by atoms with Crippen LogP contribution >= 0.6 is 11.6 Å². The van der Waals surface area contributed by atoms with E-state index in [1.165, 1.54) is 0 Å². The first-order chi connectivity index (χ1) is 17.3. The number of benzene rings is 1. The second-order valence-electron chi connectivity index (χ2n) is 10.4. The molecule has 0 radical (unpaired) electrons. The van der Waals surface area contributed by atoms with Gasteiger partial charge in [0.25, 0.3) is 10.9 Å². The predicted octanol–water partition coefficient (Wildman–Crippen LogP) is 4.06. The largest absolute Gasteiger partial charge is 0.464 e. The predicted molar refractivity (Wildman–Crippen MR) is 142 cm³/mol. The van der Waals surface area contributed by atoms with E-state index in [0.717, 1.165) is 5.76 Å². The molecule has 4 rings (SSSR count). The SMILES string of the molecule is Cc1ccc([C@H](Nc2c(Nc3ccc(Cl)c4c3C(C)(O)N(CC(N=N)=NN)C4)c(=O)c2=O)C(C)(C)C)o1. The van der Waals surface area contributed by atoms with Gasteiger partial charge >= 0.3 is 0 Å². The van der Waals surface area contributed by atoms with E-state index < -0.39 is 16.6 Å². The second-order valence-corrected chi connectivity index (χ2v) is 10.8. The van der Waals surface area contributed by atoms with Crippen molar-refractivity contribution < 1.29 is 9.52 Å². The van der Waals surface area contributed by atoms with Crippen LogP contribution in [0.5, 0.6) is 0 Å². The summed E-state index contributed by atoms with van der Waals surface area (Å²) < 4.78 is 5.83. The third-order valence-corrected chi connectivity index (χ3v) is 7.03. The lowest BCUT2D eigenvalue weighted by molar-refractivity contribution is -0.0811. The number of nitrogens with one attached hydrogen (secondary N) is 3. The third kappa shape index (κ3) is 4.65. The molecule has 1 aliphatic rings. The highest BCUT2D eigenvalue weighted by Gasteiger charge is 2.43. The number of halogens is 1. The molecule has 0 spiro atoms. The number of nitrogens with two attached hydrogens (primary N) is 1. The van der Waals surface area contributed by atoms with Gasteiger partial charge in [0, 0.05) is 22.8 Å². The first-order valence-electron chi connectivity index (χ1n) is 11.7. The molecule has 196 valence electrons. The Labute approximate surface area is 218 Å². The topological polar surface area (TPSA) is 169 Å². The fourth-order valence-electron chi connectivity index (χ4n) is 4.66. The Bertz CT molecular complexity index is 1460. The standard InChI is InChI=1S/C25H30ClN7O4/c1-12-6-9-16(37-12)23(24(2,3)4)30-20-19(21(34)22(20)35)29-15-8-7-14(26)13-10-33(11-17(31-27)32-28)25(5,36)18(13)15/h6-9,23,27,29-30,36H,10-11,28H2,1-5H3/t23-,25?/m0/s1. The number of furan rings is 1. The maximum atomic E-state index is 12.7. The molecule has 12 heteroatoms. The minimum absolute atomic E-state index is 0.000192. The van der Waals surface area contributed by atoms with Crippen molar-refractivity contribution in [3.05, 3.63) is 72.4 Å². The van der Waals surface area contributed by atoms with Crippen LogP contribution in [-0.2, 0) is 12.3 Å². The zero-order valence-electron chi connectivity index (χ0n) is 21.3. The first kappa shape index (κ1) is 26.5. The van der Waals surface area contributed by atoms with Crippen molar-refractivity contribution in [1.82, 2.24) is 4.90 Å². The summed E-state index contributed by atoms with van der Waals surface area (Å²) in [7, 11) is 0. The van der Waals surface area contributed by atoms with Gasteiger partial charge in [-0.3, -0.25) is 14.5 Å². The van der Waals surface area contributed by atoms with Gasteiger partial charge in [0.1, 0.15) is 28.6 Å². The normalized spacial score (nSPS) is 19.2. The lowest BCUT2D eigenvalue weighted by Gasteiger charge is -2.32. The number of fused-ring (bicyclic) bond motifs is 1. The Kier molecular flexibility index (Phi) is 6.74. The second kappa shape index (κ2) is 9.40. The Hall–Kier alpha value is -3.54. The lowest BCUT2D eigenvalue weighted by Crippen LogP contribution is -2.42. The molecule has 1 aliphatic heterocycles. The van der Waals surface area contributed by atoms with E-state index in [1.807, 2.05) is 39.8 Å². The van der Waals surface area contributed by atoms with Crippen LogP contribution in [0.2, 0.25) is 5.02 Å². The number of aliphatic hydroxyl groups is 1. The quantitative estimate of drug-likeness (QED) is 0.0764. The van der Waals surface area contributed by atoms with E-state index in [4.69, 9.17) is 27.4 Å². The molecular weight excluding hydrogens is 498 g/mol. The van der Waals surface area contributed by atoms with Crippen molar-refractivity contribution in [2.75, 3.05) is 17.2 Å². The Balaban J connectivity index is 1.71. The van der Waals surface area contributed by atoms with Crippen LogP contribution < -0.4 is 27.3 Å². The van der Waals surface area contributed by atoms with Crippen LogP contribution in [-0.4, -0.2) is 22.4 Å². The van der Waals surface area contributed by atoms with Crippen molar-refractivity contribution in [2.45, 2.75) is 52.9 Å². The van der Waals surface area contributed by atoms with Gasteiger partial charge in [-0.25, -0.2) is 5.53 Å². The molecule has 1 unspecified atom stereocenters. The fourth-order valence-corrected chi connectivity index (χ4v) is 4.88. The van der Waals surface area contributed by atoms with E-state index in [-0.39, 0.29) is 41.8 Å². The van der Waals surface area contributed by atoms with Gasteiger partial charge in [-0.15, -0.1) is 5.11 Å². The zero-order chi connectivity index (χ0) is 27.3. The van der Waals surface area contributed by atoms with Crippen LogP contribution in [0.3, 0.4) is 0 Å². The van der Waals surface area contributed by atoms with Gasteiger partial charge in [-0.1, -0.05) is 32.4 Å². The molecule has 0 amide bonds. The number of hydrazone groups is 1. The summed E-state index contributed by atoms with van der Waals surface area (Å²) in [5, 5.41) is 24.9. The molecule has 11 nitrogen and oxygen atoms in total. The summed E-state index contributed by atoms with van der Waals surface area (Å²) in [6.07, 6.45) is 0. The molecule has 6 N–H and O–H groups in total. The molecule has 0 aliphatic carbocycles. The van der Waals surface area contributed by atoms with Gasteiger partial charge in [0.15, 0.2) is 5.84 Å². The maximum absolute atomic E-state index is 12.7. The number of nitrogens with zero attached hydrogens (tertiary/aromatic N) is 3. The summed E-state index contributed by atoms with van der Waals surface area (Å²) in [6, 6.07) is 6.59. The molecule has 0 bridgehead atoms. The number of aryl methyl sites for hydroxylation is 1. The highest BCUT2D eigenvalue weighted by Crippen LogP contribution is 2.45. The van der Waals surface area contributed by atoms with E-state index >= 15 is 0 Å². The van der Waals surface area contributed by atoms with E-state index in [0.29, 0.717) is 27.6 Å².